The molecule has 0 radical (unpaired) electrons. The summed E-state index contributed by atoms with van der Waals surface area (Å²) in [6.07, 6.45) is 5.57. The van der Waals surface area contributed by atoms with E-state index in [1.807, 2.05) is 37.3 Å². The first-order valence-corrected chi connectivity index (χ1v) is 10.4. The normalized spacial score (nSPS) is 10.3. The van der Waals surface area contributed by atoms with Crippen LogP contribution in [-0.4, -0.2) is 38.3 Å². The Kier molecular flexibility index (Phi) is 6.83. The van der Waals surface area contributed by atoms with Gasteiger partial charge in [0.2, 0.25) is 0 Å². The van der Waals surface area contributed by atoms with Crippen LogP contribution in [0.5, 0.6) is 0 Å². The summed E-state index contributed by atoms with van der Waals surface area (Å²) in [5, 5.41) is 6.04. The van der Waals surface area contributed by atoms with Gasteiger partial charge < -0.3 is 15.6 Å². The number of pyridine rings is 1. The molecule has 170 valence electrons. The molecule has 0 amide bonds. The van der Waals surface area contributed by atoms with Crippen LogP contribution in [0, 0.1) is 12.7 Å². The molecule has 34 heavy (non-hydrogen) atoms. The molecule has 0 unspecified atom stereocenters. The lowest BCUT2D eigenvalue weighted by Gasteiger charge is -2.12. The number of H-pyrrole nitrogens is 1. The average molecular weight is 455 g/mol. The van der Waals surface area contributed by atoms with Crippen LogP contribution in [0.4, 0.5) is 21.6 Å². The second-order valence-electron chi connectivity index (χ2n) is 7.32. The molecule has 0 aliphatic rings. The molecular formula is C25H22FN7O. The number of carbonyl (C=O) groups excluding carboxylic acids is 1. The Balaban J connectivity index is 0.000000257. The number of fused-ring (bicyclic) bond motifs is 1. The van der Waals surface area contributed by atoms with Crippen molar-refractivity contribution in [2.45, 2.75) is 6.92 Å². The maximum Gasteiger partial charge on any atom is 0.181 e. The van der Waals surface area contributed by atoms with Crippen molar-refractivity contribution >= 4 is 34.6 Å². The van der Waals surface area contributed by atoms with E-state index in [1.165, 1.54) is 12.4 Å². The number of imidazole rings is 1. The molecule has 0 atom stereocenters. The molecule has 5 aromatic rings. The van der Waals surface area contributed by atoms with Crippen LogP contribution in [-0.2, 0) is 0 Å². The number of aromatic amines is 1. The number of halogens is 1. The summed E-state index contributed by atoms with van der Waals surface area (Å²) in [7, 11) is 1.67. The Morgan fingerprint density at radius 2 is 1.88 bits per heavy atom. The van der Waals surface area contributed by atoms with Crippen molar-refractivity contribution in [3.8, 4) is 11.3 Å². The lowest BCUT2D eigenvalue weighted by molar-refractivity contribution is 0.112. The Labute approximate surface area is 195 Å². The Morgan fingerprint density at radius 1 is 1.00 bits per heavy atom. The van der Waals surface area contributed by atoms with Crippen molar-refractivity contribution in [1.29, 1.82) is 0 Å². The molecule has 9 heteroatoms. The van der Waals surface area contributed by atoms with Gasteiger partial charge in [-0.1, -0.05) is 23.8 Å². The SMILES string of the molecule is CNc1cc(Nc2ncccc2-c2ncnc3nc[nH]c23)ccc1F.Cc1cccc(C=O)c1. The summed E-state index contributed by atoms with van der Waals surface area (Å²) in [4.78, 5) is 30.3. The number of aldehydes is 1. The highest BCUT2D eigenvalue weighted by Gasteiger charge is 2.14. The van der Waals surface area contributed by atoms with E-state index in [2.05, 4.69) is 35.6 Å². The number of aromatic nitrogens is 5. The van der Waals surface area contributed by atoms with Gasteiger partial charge in [-0.05, 0) is 43.3 Å². The minimum atomic E-state index is -0.315. The Bertz CT molecular complexity index is 1430. The second-order valence-corrected chi connectivity index (χ2v) is 7.32. The predicted molar refractivity (Wildman–Crippen MR) is 131 cm³/mol. The lowest BCUT2D eigenvalue weighted by atomic mass is 10.1. The van der Waals surface area contributed by atoms with Crippen LogP contribution in [0.15, 0.2) is 73.4 Å². The van der Waals surface area contributed by atoms with E-state index in [-0.39, 0.29) is 5.82 Å². The van der Waals surface area contributed by atoms with Crippen molar-refractivity contribution < 1.29 is 9.18 Å². The fourth-order valence-electron chi connectivity index (χ4n) is 3.34. The molecular weight excluding hydrogens is 433 g/mol. The van der Waals surface area contributed by atoms with E-state index in [1.54, 1.807) is 37.8 Å². The molecule has 3 aromatic heterocycles. The first-order chi connectivity index (χ1) is 16.6. The molecule has 2 aromatic carbocycles. The number of anilines is 3. The van der Waals surface area contributed by atoms with Gasteiger partial charge in [-0.2, -0.15) is 0 Å². The van der Waals surface area contributed by atoms with Crippen LogP contribution in [0.2, 0.25) is 0 Å². The number of rotatable bonds is 5. The molecule has 0 spiro atoms. The van der Waals surface area contributed by atoms with Gasteiger partial charge in [0.15, 0.2) is 5.65 Å². The molecule has 0 fully saturated rings. The summed E-state index contributed by atoms with van der Waals surface area (Å²) in [5.41, 5.74) is 5.77. The summed E-state index contributed by atoms with van der Waals surface area (Å²) in [6, 6.07) is 15.9. The highest BCUT2D eigenvalue weighted by molar-refractivity contribution is 5.91. The fourth-order valence-corrected chi connectivity index (χ4v) is 3.34. The summed E-state index contributed by atoms with van der Waals surface area (Å²) < 4.78 is 13.7. The maximum atomic E-state index is 13.7. The molecule has 0 bridgehead atoms. The van der Waals surface area contributed by atoms with Crippen LogP contribution in [0.25, 0.3) is 22.4 Å². The fraction of sp³-hybridized carbons (Fsp3) is 0.0800. The summed E-state index contributed by atoms with van der Waals surface area (Å²) >= 11 is 0. The van der Waals surface area contributed by atoms with E-state index in [4.69, 9.17) is 0 Å². The number of aryl methyl sites for hydroxylation is 1. The van der Waals surface area contributed by atoms with Crippen LogP contribution in [0.1, 0.15) is 15.9 Å². The van der Waals surface area contributed by atoms with E-state index in [0.717, 1.165) is 28.5 Å². The second kappa shape index (κ2) is 10.3. The lowest BCUT2D eigenvalue weighted by Crippen LogP contribution is -2.00. The van der Waals surface area contributed by atoms with Gasteiger partial charge >= 0.3 is 0 Å². The van der Waals surface area contributed by atoms with Crippen LogP contribution in [0.3, 0.4) is 0 Å². The standard InChI is InChI=1S/C17H14FN7.C8H8O/c1-19-13-7-10(4-5-12(13)18)25-16-11(3-2-6-20-16)14-15-17(23-8-21-14)24-9-22-15;1-7-3-2-4-8(5-7)6-9/h2-9,19H,1H3,(H,20,25)(H,21,22,23,24);2-6H,1H3. The van der Waals surface area contributed by atoms with Crippen molar-refractivity contribution in [1.82, 2.24) is 24.9 Å². The van der Waals surface area contributed by atoms with Crippen molar-refractivity contribution in [2.24, 2.45) is 0 Å². The maximum absolute atomic E-state index is 13.7. The molecule has 0 aliphatic carbocycles. The minimum Gasteiger partial charge on any atom is -0.386 e. The van der Waals surface area contributed by atoms with E-state index < -0.39 is 0 Å². The third kappa shape index (κ3) is 5.04. The number of hydrogen-bond acceptors (Lipinski definition) is 7. The number of nitrogens with one attached hydrogen (secondary N) is 3. The van der Waals surface area contributed by atoms with Gasteiger partial charge in [0.05, 0.1) is 12.0 Å². The van der Waals surface area contributed by atoms with E-state index >= 15 is 0 Å². The third-order valence-corrected chi connectivity index (χ3v) is 4.96. The topological polar surface area (TPSA) is 108 Å². The van der Waals surface area contributed by atoms with Crippen molar-refractivity contribution in [2.75, 3.05) is 17.7 Å². The Morgan fingerprint density at radius 3 is 2.65 bits per heavy atom. The quantitative estimate of drug-likeness (QED) is 0.315. The van der Waals surface area contributed by atoms with Crippen LogP contribution < -0.4 is 10.6 Å². The summed E-state index contributed by atoms with van der Waals surface area (Å²) in [5.74, 6) is 0.287. The molecule has 3 N–H and O–H groups in total. The van der Waals surface area contributed by atoms with E-state index in [9.17, 15) is 9.18 Å². The van der Waals surface area contributed by atoms with Gasteiger partial charge in [0.25, 0.3) is 0 Å². The number of benzene rings is 2. The average Bonchev–Trinajstić information content (AvgIpc) is 3.35. The Hall–Kier alpha value is -4.66. The zero-order chi connectivity index (χ0) is 23.9. The molecule has 0 saturated heterocycles. The third-order valence-electron chi connectivity index (χ3n) is 4.96. The zero-order valence-electron chi connectivity index (χ0n) is 18.6. The van der Waals surface area contributed by atoms with Crippen LogP contribution >= 0.6 is 0 Å². The molecule has 0 saturated carbocycles. The smallest absolute Gasteiger partial charge is 0.181 e. The molecule has 0 aliphatic heterocycles. The first kappa shape index (κ1) is 22.5. The zero-order valence-corrected chi connectivity index (χ0v) is 18.6. The molecule has 3 heterocycles. The van der Waals surface area contributed by atoms with Crippen molar-refractivity contribution in [3.63, 3.8) is 0 Å². The van der Waals surface area contributed by atoms with Gasteiger partial charge in [0, 0.05) is 30.1 Å². The van der Waals surface area contributed by atoms with Gasteiger partial charge in [-0.15, -0.1) is 0 Å². The minimum absolute atomic E-state index is 0.315. The summed E-state index contributed by atoms with van der Waals surface area (Å²) in [6.45, 7) is 1.97. The monoisotopic (exact) mass is 455 g/mol. The molecule has 5 rings (SSSR count). The largest absolute Gasteiger partial charge is 0.386 e. The molecule has 8 nitrogen and oxygen atoms in total. The number of hydrogen-bond donors (Lipinski definition) is 3. The predicted octanol–water partition coefficient (Wildman–Crippen LogP) is 5.15. The van der Waals surface area contributed by atoms with Crippen molar-refractivity contribution in [3.05, 3.63) is 90.4 Å². The van der Waals surface area contributed by atoms with Gasteiger partial charge in [-0.3, -0.25) is 4.79 Å². The van der Waals surface area contributed by atoms with Gasteiger partial charge in [0.1, 0.15) is 35.5 Å². The van der Waals surface area contributed by atoms with E-state index in [0.29, 0.717) is 28.5 Å². The van der Waals surface area contributed by atoms with Gasteiger partial charge in [-0.25, -0.2) is 24.3 Å². The highest BCUT2D eigenvalue weighted by atomic mass is 19.1. The highest BCUT2D eigenvalue weighted by Crippen LogP contribution is 2.31. The number of carbonyl (C=O) groups is 1. The first-order valence-electron chi connectivity index (χ1n) is 10.4. The number of nitrogens with zero attached hydrogens (tertiary/aromatic N) is 4.